The van der Waals surface area contributed by atoms with E-state index in [9.17, 15) is 4.79 Å². The van der Waals surface area contributed by atoms with Gasteiger partial charge in [-0.3, -0.25) is 4.79 Å². The van der Waals surface area contributed by atoms with Crippen molar-refractivity contribution in [3.8, 4) is 5.75 Å². The van der Waals surface area contributed by atoms with Crippen LogP contribution < -0.4 is 10.1 Å². The van der Waals surface area contributed by atoms with Crippen molar-refractivity contribution in [1.82, 2.24) is 10.2 Å². The van der Waals surface area contributed by atoms with Crippen LogP contribution in [0.1, 0.15) is 6.92 Å². The fourth-order valence-electron chi connectivity index (χ4n) is 1.95. The molecule has 1 aliphatic heterocycles. The van der Waals surface area contributed by atoms with Crippen LogP contribution >= 0.6 is 15.9 Å². The number of nitrogens with one attached hydrogen (secondary N) is 1. The monoisotopic (exact) mass is 312 g/mol. The number of piperazine rings is 1. The third-order valence-corrected chi connectivity index (χ3v) is 3.37. The smallest absolute Gasteiger partial charge is 0.260 e. The minimum absolute atomic E-state index is 0.0447. The van der Waals surface area contributed by atoms with E-state index >= 15 is 0 Å². The van der Waals surface area contributed by atoms with Gasteiger partial charge in [-0.05, 0) is 25.1 Å². The molecular formula is C13H17BrN2O2. The molecule has 1 aliphatic rings. The maximum atomic E-state index is 12.0. The molecule has 1 heterocycles. The predicted molar refractivity (Wildman–Crippen MR) is 73.7 cm³/mol. The van der Waals surface area contributed by atoms with Crippen molar-refractivity contribution < 1.29 is 9.53 Å². The molecule has 98 valence electrons. The molecule has 0 radical (unpaired) electrons. The molecule has 1 atom stereocenters. The SMILES string of the molecule is C[C@@H]1CN(C(=O)COc2cccc(Br)c2)CCN1. The standard InChI is InChI=1S/C13H17BrN2O2/c1-10-8-16(6-5-15-10)13(17)9-18-12-4-2-3-11(14)7-12/h2-4,7,10,15H,5-6,8-9H2,1H3/t10-/m1/s1. The van der Waals surface area contributed by atoms with Crippen LogP contribution in [0.4, 0.5) is 0 Å². The molecule has 0 unspecified atom stereocenters. The molecule has 0 bridgehead atoms. The van der Waals surface area contributed by atoms with Gasteiger partial charge >= 0.3 is 0 Å². The summed E-state index contributed by atoms with van der Waals surface area (Å²) < 4.78 is 6.44. The van der Waals surface area contributed by atoms with E-state index in [0.717, 1.165) is 24.1 Å². The maximum absolute atomic E-state index is 12.0. The topological polar surface area (TPSA) is 41.6 Å². The summed E-state index contributed by atoms with van der Waals surface area (Å²) in [4.78, 5) is 13.8. The lowest BCUT2D eigenvalue weighted by Crippen LogP contribution is -2.52. The third-order valence-electron chi connectivity index (χ3n) is 2.88. The second-order valence-corrected chi connectivity index (χ2v) is 5.36. The van der Waals surface area contributed by atoms with Crippen LogP contribution in [-0.2, 0) is 4.79 Å². The van der Waals surface area contributed by atoms with E-state index in [1.54, 1.807) is 0 Å². The summed E-state index contributed by atoms with van der Waals surface area (Å²) in [5.74, 6) is 0.754. The van der Waals surface area contributed by atoms with E-state index in [0.29, 0.717) is 11.8 Å². The quantitative estimate of drug-likeness (QED) is 0.922. The van der Waals surface area contributed by atoms with Gasteiger partial charge in [0.15, 0.2) is 6.61 Å². The lowest BCUT2D eigenvalue weighted by atomic mass is 10.2. The molecule has 1 aromatic rings. The Kier molecular flexibility index (Phi) is 4.60. The molecule has 1 N–H and O–H groups in total. The summed E-state index contributed by atoms with van der Waals surface area (Å²) in [6, 6.07) is 7.86. The average Bonchev–Trinajstić information content (AvgIpc) is 2.36. The number of amides is 1. The number of nitrogens with zero attached hydrogens (tertiary/aromatic N) is 1. The Hall–Kier alpha value is -1.07. The number of rotatable bonds is 3. The number of carbonyl (C=O) groups is 1. The molecule has 1 fully saturated rings. The van der Waals surface area contributed by atoms with E-state index in [-0.39, 0.29) is 12.5 Å². The molecule has 4 nitrogen and oxygen atoms in total. The minimum Gasteiger partial charge on any atom is -0.484 e. The lowest BCUT2D eigenvalue weighted by molar-refractivity contribution is -0.134. The van der Waals surface area contributed by atoms with Gasteiger partial charge in [0.25, 0.3) is 5.91 Å². The summed E-state index contributed by atoms with van der Waals surface area (Å²) in [5, 5.41) is 3.31. The molecule has 5 heteroatoms. The van der Waals surface area contributed by atoms with Crippen molar-refractivity contribution in [2.75, 3.05) is 26.2 Å². The highest BCUT2D eigenvalue weighted by Crippen LogP contribution is 2.17. The van der Waals surface area contributed by atoms with Gasteiger partial charge in [-0.15, -0.1) is 0 Å². The Labute approximate surface area is 115 Å². The van der Waals surface area contributed by atoms with Crippen molar-refractivity contribution in [3.63, 3.8) is 0 Å². The van der Waals surface area contributed by atoms with Gasteiger partial charge in [-0.25, -0.2) is 0 Å². The Morgan fingerprint density at radius 1 is 1.61 bits per heavy atom. The first-order valence-corrected chi connectivity index (χ1v) is 6.84. The third kappa shape index (κ3) is 3.71. The second-order valence-electron chi connectivity index (χ2n) is 4.44. The van der Waals surface area contributed by atoms with Gasteiger partial charge in [0.2, 0.25) is 0 Å². The minimum atomic E-state index is 0.0447. The first-order valence-electron chi connectivity index (χ1n) is 6.04. The molecule has 1 aromatic carbocycles. The number of halogens is 1. The second kappa shape index (κ2) is 6.20. The van der Waals surface area contributed by atoms with Crippen LogP contribution in [0.5, 0.6) is 5.75 Å². The summed E-state index contributed by atoms with van der Waals surface area (Å²) in [5.41, 5.74) is 0. The first-order chi connectivity index (χ1) is 8.65. The van der Waals surface area contributed by atoms with E-state index in [4.69, 9.17) is 4.74 Å². The van der Waals surface area contributed by atoms with Gasteiger partial charge in [0.05, 0.1) is 0 Å². The number of hydrogen-bond donors (Lipinski definition) is 1. The van der Waals surface area contributed by atoms with Crippen LogP contribution in [0, 0.1) is 0 Å². The van der Waals surface area contributed by atoms with E-state index in [2.05, 4.69) is 28.2 Å². The Balaban J connectivity index is 1.84. The van der Waals surface area contributed by atoms with Crippen LogP contribution in [0.15, 0.2) is 28.7 Å². The molecule has 0 saturated carbocycles. The highest BCUT2D eigenvalue weighted by Gasteiger charge is 2.20. The van der Waals surface area contributed by atoms with Gasteiger partial charge in [0.1, 0.15) is 5.75 Å². The summed E-state index contributed by atoms with van der Waals surface area (Å²) in [7, 11) is 0. The highest BCUT2D eigenvalue weighted by molar-refractivity contribution is 9.10. The molecule has 1 amide bonds. The maximum Gasteiger partial charge on any atom is 0.260 e. The Bertz CT molecular complexity index is 425. The summed E-state index contributed by atoms with van der Waals surface area (Å²) >= 11 is 3.37. The Morgan fingerprint density at radius 2 is 2.44 bits per heavy atom. The molecule has 0 aliphatic carbocycles. The largest absolute Gasteiger partial charge is 0.484 e. The van der Waals surface area contributed by atoms with Crippen molar-refractivity contribution in [1.29, 1.82) is 0 Å². The zero-order chi connectivity index (χ0) is 13.0. The van der Waals surface area contributed by atoms with Crippen LogP contribution in [0.3, 0.4) is 0 Å². The first kappa shape index (κ1) is 13.4. The molecule has 0 aromatic heterocycles. The molecular weight excluding hydrogens is 296 g/mol. The number of benzene rings is 1. The fourth-order valence-corrected chi connectivity index (χ4v) is 2.33. The normalized spacial score (nSPS) is 19.7. The molecule has 18 heavy (non-hydrogen) atoms. The van der Waals surface area contributed by atoms with E-state index in [1.807, 2.05) is 29.2 Å². The fraction of sp³-hybridized carbons (Fsp3) is 0.462. The number of ether oxygens (including phenoxy) is 1. The van der Waals surface area contributed by atoms with Gasteiger partial charge < -0.3 is 15.0 Å². The molecule has 2 rings (SSSR count). The highest BCUT2D eigenvalue weighted by atomic mass is 79.9. The van der Waals surface area contributed by atoms with Crippen molar-refractivity contribution >= 4 is 21.8 Å². The van der Waals surface area contributed by atoms with Crippen molar-refractivity contribution in [2.45, 2.75) is 13.0 Å². The van der Waals surface area contributed by atoms with Crippen molar-refractivity contribution in [2.24, 2.45) is 0 Å². The van der Waals surface area contributed by atoms with E-state index < -0.39 is 0 Å². The lowest BCUT2D eigenvalue weighted by Gasteiger charge is -2.31. The number of hydrogen-bond acceptors (Lipinski definition) is 3. The average molecular weight is 313 g/mol. The molecule has 1 saturated heterocycles. The zero-order valence-corrected chi connectivity index (χ0v) is 11.9. The van der Waals surface area contributed by atoms with Gasteiger partial charge in [-0.2, -0.15) is 0 Å². The predicted octanol–water partition coefficient (Wildman–Crippen LogP) is 1.65. The summed E-state index contributed by atoms with van der Waals surface area (Å²) in [6.45, 7) is 4.53. The zero-order valence-electron chi connectivity index (χ0n) is 10.4. The van der Waals surface area contributed by atoms with Crippen LogP contribution in [0.2, 0.25) is 0 Å². The van der Waals surface area contributed by atoms with Gasteiger partial charge in [-0.1, -0.05) is 22.0 Å². The van der Waals surface area contributed by atoms with Crippen molar-refractivity contribution in [3.05, 3.63) is 28.7 Å². The number of carbonyl (C=O) groups excluding carboxylic acids is 1. The van der Waals surface area contributed by atoms with E-state index in [1.165, 1.54) is 0 Å². The summed E-state index contributed by atoms with van der Waals surface area (Å²) in [6.07, 6.45) is 0. The molecule has 0 spiro atoms. The van der Waals surface area contributed by atoms with Crippen LogP contribution in [-0.4, -0.2) is 43.1 Å². The Morgan fingerprint density at radius 3 is 3.17 bits per heavy atom. The van der Waals surface area contributed by atoms with Crippen LogP contribution in [0.25, 0.3) is 0 Å². The van der Waals surface area contributed by atoms with Gasteiger partial charge in [0, 0.05) is 30.1 Å².